The molecule has 0 unspecified atom stereocenters. The first-order valence-corrected chi connectivity index (χ1v) is 13.2. The maximum absolute atomic E-state index is 12.3. The molecule has 0 spiro atoms. The standard InChI is InChI=1S/C21H36N4O8Si/c1-7-31-34(32-8-2,33-9-3)12-10-11-22-20(26)23-15-17-18(24(27)28)13-16(21(4,5)6)14-19(17)25(29)30/h13-14H,7-12,15H2,1-6H3,(H2,22,23,26). The third kappa shape index (κ3) is 8.63. The molecule has 0 atom stereocenters. The van der Waals surface area contributed by atoms with Crippen LogP contribution in [0.5, 0.6) is 0 Å². The fourth-order valence-electron chi connectivity index (χ4n) is 3.32. The van der Waals surface area contributed by atoms with Crippen molar-refractivity contribution < 1.29 is 27.9 Å². The van der Waals surface area contributed by atoms with E-state index in [1.165, 1.54) is 12.1 Å². The van der Waals surface area contributed by atoms with E-state index in [2.05, 4.69) is 10.6 Å². The molecule has 0 saturated carbocycles. The minimum Gasteiger partial charge on any atom is -0.374 e. The predicted molar refractivity (Wildman–Crippen MR) is 129 cm³/mol. The van der Waals surface area contributed by atoms with Gasteiger partial charge in [0.1, 0.15) is 5.56 Å². The average molecular weight is 501 g/mol. The van der Waals surface area contributed by atoms with Crippen LogP contribution >= 0.6 is 0 Å². The van der Waals surface area contributed by atoms with Crippen LogP contribution in [0, 0.1) is 20.2 Å². The Morgan fingerprint density at radius 1 is 0.941 bits per heavy atom. The van der Waals surface area contributed by atoms with Crippen LogP contribution in [0.3, 0.4) is 0 Å². The van der Waals surface area contributed by atoms with Gasteiger partial charge >= 0.3 is 14.8 Å². The van der Waals surface area contributed by atoms with Crippen LogP contribution in [0.15, 0.2) is 12.1 Å². The predicted octanol–water partition coefficient (Wildman–Crippen LogP) is 4.04. The number of nitrogens with one attached hydrogen (secondary N) is 2. The summed E-state index contributed by atoms with van der Waals surface area (Å²) in [7, 11) is -2.82. The number of amides is 2. The van der Waals surface area contributed by atoms with Crippen LogP contribution in [0.25, 0.3) is 0 Å². The fraction of sp³-hybridized carbons (Fsp3) is 0.667. The summed E-state index contributed by atoms with van der Waals surface area (Å²) in [5, 5.41) is 28.3. The van der Waals surface area contributed by atoms with E-state index in [1.807, 2.05) is 20.8 Å². The van der Waals surface area contributed by atoms with Gasteiger partial charge in [-0.2, -0.15) is 0 Å². The summed E-state index contributed by atoms with van der Waals surface area (Å²) in [5.41, 5.74) is -1.03. The third-order valence-electron chi connectivity index (χ3n) is 4.93. The van der Waals surface area contributed by atoms with Crippen molar-refractivity contribution in [2.24, 2.45) is 0 Å². The van der Waals surface area contributed by atoms with Gasteiger partial charge in [-0.05, 0) is 38.2 Å². The highest BCUT2D eigenvalue weighted by molar-refractivity contribution is 6.60. The SMILES string of the molecule is CCO[Si](CCCNC(=O)NCc1c([N+](=O)[O-])cc(C(C)(C)C)cc1[N+](=O)[O-])(OCC)OCC. The maximum atomic E-state index is 12.3. The second-order valence-corrected chi connectivity index (χ2v) is 11.2. The van der Waals surface area contributed by atoms with Gasteiger partial charge in [-0.25, -0.2) is 4.79 Å². The topological polar surface area (TPSA) is 155 Å². The van der Waals surface area contributed by atoms with Gasteiger partial charge in [-0.15, -0.1) is 0 Å². The molecule has 0 heterocycles. The van der Waals surface area contributed by atoms with E-state index < -0.39 is 41.5 Å². The third-order valence-corrected chi connectivity index (χ3v) is 8.08. The normalized spacial score (nSPS) is 11.8. The van der Waals surface area contributed by atoms with Crippen molar-refractivity contribution in [3.8, 4) is 0 Å². The number of hydrogen-bond acceptors (Lipinski definition) is 8. The van der Waals surface area contributed by atoms with Crippen LogP contribution in [-0.4, -0.2) is 51.0 Å². The molecule has 192 valence electrons. The largest absolute Gasteiger partial charge is 0.500 e. The number of hydrogen-bond donors (Lipinski definition) is 2. The lowest BCUT2D eigenvalue weighted by Gasteiger charge is -2.28. The molecule has 0 aliphatic carbocycles. The highest BCUT2D eigenvalue weighted by Crippen LogP contribution is 2.35. The van der Waals surface area contributed by atoms with Crippen LogP contribution in [0.4, 0.5) is 16.2 Å². The van der Waals surface area contributed by atoms with Crippen molar-refractivity contribution in [2.45, 2.75) is 66.0 Å². The minimum atomic E-state index is -2.82. The van der Waals surface area contributed by atoms with E-state index in [9.17, 15) is 25.0 Å². The average Bonchev–Trinajstić information content (AvgIpc) is 2.74. The summed E-state index contributed by atoms with van der Waals surface area (Å²) in [4.78, 5) is 34.1. The molecule has 0 radical (unpaired) electrons. The Morgan fingerprint density at radius 3 is 1.79 bits per heavy atom. The molecule has 1 aromatic rings. The number of carbonyl (C=O) groups is 1. The van der Waals surface area contributed by atoms with Crippen LogP contribution < -0.4 is 10.6 Å². The van der Waals surface area contributed by atoms with E-state index in [-0.39, 0.29) is 18.7 Å². The van der Waals surface area contributed by atoms with E-state index >= 15 is 0 Å². The van der Waals surface area contributed by atoms with E-state index in [0.29, 0.717) is 37.8 Å². The lowest BCUT2D eigenvalue weighted by atomic mass is 9.85. The number of urea groups is 1. The zero-order valence-electron chi connectivity index (χ0n) is 20.8. The molecule has 0 aliphatic rings. The van der Waals surface area contributed by atoms with Crippen molar-refractivity contribution in [1.29, 1.82) is 0 Å². The number of nitro benzene ring substituents is 2. The van der Waals surface area contributed by atoms with Gasteiger partial charge in [0.15, 0.2) is 0 Å². The fourth-order valence-corrected chi connectivity index (χ4v) is 5.93. The molecule has 0 aromatic heterocycles. The van der Waals surface area contributed by atoms with Crippen molar-refractivity contribution >= 4 is 26.2 Å². The molecule has 12 nitrogen and oxygen atoms in total. The van der Waals surface area contributed by atoms with Gasteiger partial charge in [-0.1, -0.05) is 20.8 Å². The molecular weight excluding hydrogens is 464 g/mol. The first-order valence-electron chi connectivity index (χ1n) is 11.3. The highest BCUT2D eigenvalue weighted by Gasteiger charge is 2.39. The van der Waals surface area contributed by atoms with Gasteiger partial charge < -0.3 is 23.9 Å². The van der Waals surface area contributed by atoms with E-state index in [1.54, 1.807) is 20.8 Å². The number of rotatable bonds is 14. The Hall–Kier alpha value is -2.61. The molecule has 2 amide bonds. The molecule has 0 fully saturated rings. The Kier molecular flexibility index (Phi) is 11.5. The molecule has 0 bridgehead atoms. The summed E-state index contributed by atoms with van der Waals surface area (Å²) < 4.78 is 17.3. The highest BCUT2D eigenvalue weighted by atomic mass is 28.4. The lowest BCUT2D eigenvalue weighted by Crippen LogP contribution is -2.46. The van der Waals surface area contributed by atoms with Crippen LogP contribution in [0.1, 0.15) is 59.1 Å². The van der Waals surface area contributed by atoms with Crippen LogP contribution in [0.2, 0.25) is 6.04 Å². The summed E-state index contributed by atoms with van der Waals surface area (Å²) in [6.45, 7) is 12.3. The molecule has 13 heteroatoms. The first-order chi connectivity index (χ1) is 15.9. The van der Waals surface area contributed by atoms with Crippen LogP contribution in [-0.2, 0) is 25.2 Å². The molecule has 34 heavy (non-hydrogen) atoms. The summed E-state index contributed by atoms with van der Waals surface area (Å²) >= 11 is 0. The zero-order valence-corrected chi connectivity index (χ0v) is 21.8. The van der Waals surface area contributed by atoms with Gasteiger partial charge in [0.05, 0.1) is 16.4 Å². The van der Waals surface area contributed by atoms with Gasteiger partial charge in [-0.3, -0.25) is 20.2 Å². The molecule has 0 saturated heterocycles. The molecule has 2 N–H and O–H groups in total. The summed E-state index contributed by atoms with van der Waals surface area (Å²) in [6, 6.07) is 2.55. The lowest BCUT2D eigenvalue weighted by molar-refractivity contribution is -0.395. The van der Waals surface area contributed by atoms with Crippen molar-refractivity contribution in [1.82, 2.24) is 10.6 Å². The van der Waals surface area contributed by atoms with Gasteiger partial charge in [0, 0.05) is 44.5 Å². The monoisotopic (exact) mass is 500 g/mol. The summed E-state index contributed by atoms with van der Waals surface area (Å²) in [6.07, 6.45) is 0.528. The van der Waals surface area contributed by atoms with E-state index in [0.717, 1.165) is 0 Å². The summed E-state index contributed by atoms with van der Waals surface area (Å²) in [5.74, 6) is 0. The minimum absolute atomic E-state index is 0.159. The molecule has 1 aromatic carbocycles. The maximum Gasteiger partial charge on any atom is 0.500 e. The quantitative estimate of drug-likeness (QED) is 0.168. The Bertz CT molecular complexity index is 808. The molecular formula is C21H36N4O8Si. The van der Waals surface area contributed by atoms with Crippen molar-refractivity contribution in [3.05, 3.63) is 43.5 Å². The second kappa shape index (κ2) is 13.3. The van der Waals surface area contributed by atoms with Gasteiger partial charge in [0.2, 0.25) is 0 Å². The Morgan fingerprint density at radius 2 is 1.41 bits per heavy atom. The molecule has 0 aliphatic heterocycles. The van der Waals surface area contributed by atoms with Crippen molar-refractivity contribution in [2.75, 3.05) is 26.4 Å². The Balaban J connectivity index is 2.85. The Labute approximate surface area is 201 Å². The van der Waals surface area contributed by atoms with E-state index in [4.69, 9.17) is 13.3 Å². The number of carbonyl (C=O) groups excluding carboxylic acids is 1. The van der Waals surface area contributed by atoms with Crippen molar-refractivity contribution in [3.63, 3.8) is 0 Å². The zero-order chi connectivity index (χ0) is 25.9. The number of nitro groups is 2. The van der Waals surface area contributed by atoms with Gasteiger partial charge in [0.25, 0.3) is 11.4 Å². The second-order valence-electron chi connectivity index (χ2n) is 8.45. The number of nitrogens with zero attached hydrogens (tertiary/aromatic N) is 2. The first kappa shape index (κ1) is 29.4. The number of benzene rings is 1. The molecule has 1 rings (SSSR count). The smallest absolute Gasteiger partial charge is 0.374 e.